The van der Waals surface area contributed by atoms with Crippen molar-refractivity contribution in [2.24, 2.45) is 5.92 Å². The zero-order valence-corrected chi connectivity index (χ0v) is 20.2. The number of nitrogen functional groups attached to an aromatic ring is 2. The van der Waals surface area contributed by atoms with Gasteiger partial charge in [-0.2, -0.15) is 0 Å². The summed E-state index contributed by atoms with van der Waals surface area (Å²) in [6, 6.07) is 31.0. The molecule has 4 aromatic rings. The highest BCUT2D eigenvalue weighted by Crippen LogP contribution is 2.36. The van der Waals surface area contributed by atoms with E-state index in [1.54, 1.807) is 0 Å². The molecule has 1 aliphatic carbocycles. The summed E-state index contributed by atoms with van der Waals surface area (Å²) in [6.07, 6.45) is 7.75. The first-order valence-electron chi connectivity index (χ1n) is 12.0. The van der Waals surface area contributed by atoms with Crippen molar-refractivity contribution in [1.82, 2.24) is 0 Å². The lowest BCUT2D eigenvalue weighted by atomic mass is 10.00. The van der Waals surface area contributed by atoms with Gasteiger partial charge in [-0.1, -0.05) is 19.1 Å². The van der Waals surface area contributed by atoms with Gasteiger partial charge < -0.3 is 25.8 Å². The van der Waals surface area contributed by atoms with Crippen LogP contribution in [0.2, 0.25) is 0 Å². The number of benzene rings is 4. The van der Waals surface area contributed by atoms with Gasteiger partial charge in [-0.15, -0.1) is 0 Å². The number of anilines is 4. The third-order valence-electron chi connectivity index (χ3n) is 5.93. The molecule has 180 valence electrons. The van der Waals surface area contributed by atoms with Crippen LogP contribution in [0.15, 0.2) is 121 Å². The molecule has 0 bridgehead atoms. The summed E-state index contributed by atoms with van der Waals surface area (Å²) in [5.74, 6) is 3.48. The van der Waals surface area contributed by atoms with Gasteiger partial charge in [-0.25, -0.2) is 0 Å². The Hall–Kier alpha value is -4.64. The van der Waals surface area contributed by atoms with Crippen LogP contribution in [0.3, 0.4) is 0 Å². The molecule has 0 saturated heterocycles. The van der Waals surface area contributed by atoms with Gasteiger partial charge in [0, 0.05) is 28.4 Å². The molecule has 5 heteroatoms. The molecule has 0 spiro atoms. The molecule has 0 radical (unpaired) electrons. The highest BCUT2D eigenvalue weighted by atomic mass is 16.5. The fourth-order valence-corrected chi connectivity index (χ4v) is 4.09. The fourth-order valence-electron chi connectivity index (χ4n) is 4.09. The van der Waals surface area contributed by atoms with Crippen LogP contribution in [-0.2, 0) is 0 Å². The van der Waals surface area contributed by atoms with E-state index in [0.717, 1.165) is 46.5 Å². The molecule has 4 aromatic carbocycles. The van der Waals surface area contributed by atoms with E-state index >= 15 is 0 Å². The largest absolute Gasteiger partial charge is 0.457 e. The zero-order valence-electron chi connectivity index (χ0n) is 20.2. The lowest BCUT2D eigenvalue weighted by Crippen LogP contribution is -2.17. The molecule has 1 aliphatic rings. The molecule has 4 N–H and O–H groups in total. The summed E-state index contributed by atoms with van der Waals surface area (Å²) in [6.45, 7) is 2.23. The standard InChI is InChI=1S/C31H29N3O2/c1-22-3-2-4-27(21-22)34(25-9-17-30(18-10-25)35-28-13-5-23(32)6-14-28)26-11-19-31(20-12-26)36-29-15-7-24(33)8-16-29/h2,4-22H,3,32-33H2,1H3. The fraction of sp³-hybridized carbons (Fsp3) is 0.0968. The number of hydrogen-bond donors (Lipinski definition) is 2. The van der Waals surface area contributed by atoms with Gasteiger partial charge in [0.15, 0.2) is 0 Å². The van der Waals surface area contributed by atoms with Gasteiger partial charge in [0.2, 0.25) is 0 Å². The first kappa shape index (κ1) is 23.1. The molecular weight excluding hydrogens is 446 g/mol. The summed E-state index contributed by atoms with van der Waals surface area (Å²) in [5.41, 5.74) is 16.2. The van der Waals surface area contributed by atoms with Gasteiger partial charge >= 0.3 is 0 Å². The van der Waals surface area contributed by atoms with Crippen molar-refractivity contribution < 1.29 is 9.47 Å². The Morgan fingerprint density at radius 3 is 1.39 bits per heavy atom. The minimum atomic E-state index is 0.466. The first-order valence-corrected chi connectivity index (χ1v) is 12.0. The molecule has 0 aromatic heterocycles. The van der Waals surface area contributed by atoms with Crippen LogP contribution < -0.4 is 25.8 Å². The molecule has 0 heterocycles. The second kappa shape index (κ2) is 10.3. The summed E-state index contributed by atoms with van der Waals surface area (Å²) in [7, 11) is 0. The first-order chi connectivity index (χ1) is 17.5. The van der Waals surface area contributed by atoms with Gasteiger partial charge in [-0.3, -0.25) is 0 Å². The van der Waals surface area contributed by atoms with Gasteiger partial charge in [0.25, 0.3) is 0 Å². The van der Waals surface area contributed by atoms with Crippen LogP contribution in [0.4, 0.5) is 22.7 Å². The zero-order chi connectivity index (χ0) is 24.9. The number of nitrogens with zero attached hydrogens (tertiary/aromatic N) is 1. The lowest BCUT2D eigenvalue weighted by Gasteiger charge is -2.29. The van der Waals surface area contributed by atoms with E-state index in [2.05, 4.69) is 54.3 Å². The maximum absolute atomic E-state index is 5.99. The van der Waals surface area contributed by atoms with Crippen molar-refractivity contribution in [2.75, 3.05) is 16.4 Å². The highest BCUT2D eigenvalue weighted by Gasteiger charge is 2.17. The Labute approximate surface area is 211 Å². The van der Waals surface area contributed by atoms with Crippen LogP contribution in [0.25, 0.3) is 0 Å². The maximum Gasteiger partial charge on any atom is 0.127 e. The lowest BCUT2D eigenvalue weighted by molar-refractivity contribution is 0.482. The van der Waals surface area contributed by atoms with Crippen LogP contribution in [-0.4, -0.2) is 0 Å². The number of hydrogen-bond acceptors (Lipinski definition) is 5. The van der Waals surface area contributed by atoms with Crippen molar-refractivity contribution in [3.8, 4) is 23.0 Å². The summed E-state index contributed by atoms with van der Waals surface area (Å²) in [5, 5.41) is 0. The topological polar surface area (TPSA) is 73.7 Å². The number of allylic oxidation sites excluding steroid dienone is 3. The minimum absolute atomic E-state index is 0.466. The molecule has 0 amide bonds. The Morgan fingerprint density at radius 1 is 0.611 bits per heavy atom. The van der Waals surface area contributed by atoms with E-state index in [4.69, 9.17) is 20.9 Å². The highest BCUT2D eigenvalue weighted by molar-refractivity contribution is 5.71. The second-order valence-corrected chi connectivity index (χ2v) is 8.87. The average Bonchev–Trinajstić information content (AvgIpc) is 2.89. The maximum atomic E-state index is 5.99. The Kier molecular flexibility index (Phi) is 6.63. The van der Waals surface area contributed by atoms with E-state index in [9.17, 15) is 0 Å². The number of rotatable bonds is 7. The average molecular weight is 476 g/mol. The molecule has 36 heavy (non-hydrogen) atoms. The quantitative estimate of drug-likeness (QED) is 0.265. The van der Waals surface area contributed by atoms with Gasteiger partial charge in [-0.05, 0) is 115 Å². The Balaban J connectivity index is 1.40. The van der Waals surface area contributed by atoms with E-state index in [0.29, 0.717) is 17.3 Å². The number of ether oxygens (including phenoxy) is 2. The third-order valence-corrected chi connectivity index (χ3v) is 5.93. The molecule has 5 nitrogen and oxygen atoms in total. The van der Waals surface area contributed by atoms with Gasteiger partial charge in [0.05, 0.1) is 0 Å². The van der Waals surface area contributed by atoms with Crippen molar-refractivity contribution in [3.63, 3.8) is 0 Å². The van der Waals surface area contributed by atoms with Crippen LogP contribution in [0.1, 0.15) is 13.3 Å². The summed E-state index contributed by atoms with van der Waals surface area (Å²) < 4.78 is 12.0. The third kappa shape index (κ3) is 5.53. The van der Waals surface area contributed by atoms with E-state index < -0.39 is 0 Å². The van der Waals surface area contributed by atoms with E-state index in [-0.39, 0.29) is 0 Å². The second-order valence-electron chi connectivity index (χ2n) is 8.87. The van der Waals surface area contributed by atoms with Crippen LogP contribution in [0.5, 0.6) is 23.0 Å². The predicted molar refractivity (Wildman–Crippen MR) is 148 cm³/mol. The van der Waals surface area contributed by atoms with E-state index in [1.807, 2.05) is 72.8 Å². The van der Waals surface area contributed by atoms with Crippen molar-refractivity contribution in [3.05, 3.63) is 121 Å². The van der Waals surface area contributed by atoms with Crippen molar-refractivity contribution in [1.29, 1.82) is 0 Å². The van der Waals surface area contributed by atoms with Crippen molar-refractivity contribution >= 4 is 22.7 Å². The molecule has 5 rings (SSSR count). The molecule has 0 saturated carbocycles. The normalized spacial score (nSPS) is 14.7. The predicted octanol–water partition coefficient (Wildman–Crippen LogP) is 8.05. The van der Waals surface area contributed by atoms with E-state index in [1.165, 1.54) is 0 Å². The Bertz CT molecular complexity index is 1270. The molecule has 1 unspecified atom stereocenters. The van der Waals surface area contributed by atoms with Gasteiger partial charge in [0.1, 0.15) is 23.0 Å². The molecule has 0 fully saturated rings. The number of nitrogens with two attached hydrogens (primary N) is 2. The monoisotopic (exact) mass is 475 g/mol. The van der Waals surface area contributed by atoms with Crippen molar-refractivity contribution in [2.45, 2.75) is 13.3 Å². The Morgan fingerprint density at radius 2 is 1.00 bits per heavy atom. The smallest absolute Gasteiger partial charge is 0.127 e. The minimum Gasteiger partial charge on any atom is -0.457 e. The molecule has 1 atom stereocenters. The van der Waals surface area contributed by atoms with Crippen LogP contribution >= 0.6 is 0 Å². The summed E-state index contributed by atoms with van der Waals surface area (Å²) >= 11 is 0. The molecule has 0 aliphatic heterocycles. The summed E-state index contributed by atoms with van der Waals surface area (Å²) in [4.78, 5) is 2.24. The SMILES string of the molecule is CC1C=C(N(c2ccc(Oc3ccc(N)cc3)cc2)c2ccc(Oc3ccc(N)cc3)cc2)C=CC1. The molecular formula is C31H29N3O2. The van der Waals surface area contributed by atoms with Crippen LogP contribution in [0, 0.1) is 5.92 Å².